The number of hydrogen-bond donors (Lipinski definition) is 0. The van der Waals surface area contributed by atoms with Crippen LogP contribution in [0.5, 0.6) is 0 Å². The number of hydrogen-bond acceptors (Lipinski definition) is 4. The first-order chi connectivity index (χ1) is 12.9. The molecule has 0 atom stereocenters. The number of piperidine rings is 1. The van der Waals surface area contributed by atoms with E-state index in [-0.39, 0.29) is 31.2 Å². The van der Waals surface area contributed by atoms with Crippen LogP contribution in [0, 0.1) is 12.3 Å². The molecule has 0 saturated carbocycles. The number of terminal acetylenes is 1. The molecule has 27 heavy (non-hydrogen) atoms. The molecule has 0 aromatic heterocycles. The molecule has 7 heteroatoms. The lowest BCUT2D eigenvalue weighted by atomic mass is 10.0. The number of nitrogens with zero attached hydrogens (tertiary/aromatic N) is 2. The summed E-state index contributed by atoms with van der Waals surface area (Å²) in [5, 5.41) is 0. The van der Waals surface area contributed by atoms with Crippen molar-refractivity contribution in [2.75, 3.05) is 18.8 Å². The van der Waals surface area contributed by atoms with Crippen molar-refractivity contribution in [1.82, 2.24) is 9.80 Å². The zero-order valence-corrected chi connectivity index (χ0v) is 16.1. The lowest BCUT2D eigenvalue weighted by Crippen LogP contribution is -2.56. The van der Waals surface area contributed by atoms with Gasteiger partial charge in [-0.25, -0.2) is 8.42 Å². The molecule has 2 heterocycles. The molecular weight excluding hydrogens is 364 g/mol. The molecule has 0 aliphatic carbocycles. The average molecular weight is 388 g/mol. The highest BCUT2D eigenvalue weighted by Gasteiger charge is 2.58. The smallest absolute Gasteiger partial charge is 0.239 e. The molecule has 144 valence electrons. The number of benzene rings is 1. The van der Waals surface area contributed by atoms with Crippen LogP contribution in [0.2, 0.25) is 0 Å². The second kappa shape index (κ2) is 7.73. The SMILES string of the molecule is C#CCCCC(=O)N1CCC2(CC1)N(Cc1ccccc1)C(=O)CS2(=O)=O. The van der Waals surface area contributed by atoms with Crippen LogP contribution >= 0.6 is 0 Å². The molecular formula is C20H24N2O4S. The third-order valence-electron chi connectivity index (χ3n) is 5.48. The van der Waals surface area contributed by atoms with Crippen molar-refractivity contribution in [2.24, 2.45) is 0 Å². The number of unbranched alkanes of at least 4 members (excludes halogenated alkanes) is 1. The van der Waals surface area contributed by atoms with Gasteiger partial charge in [0.1, 0.15) is 10.6 Å². The summed E-state index contributed by atoms with van der Waals surface area (Å²) in [6, 6.07) is 9.39. The summed E-state index contributed by atoms with van der Waals surface area (Å²) >= 11 is 0. The summed E-state index contributed by atoms with van der Waals surface area (Å²) in [4.78, 5) is 26.8. The Morgan fingerprint density at radius 3 is 2.48 bits per heavy atom. The first-order valence-electron chi connectivity index (χ1n) is 9.17. The lowest BCUT2D eigenvalue weighted by molar-refractivity contribution is -0.135. The number of amides is 2. The topological polar surface area (TPSA) is 74.8 Å². The Morgan fingerprint density at radius 1 is 1.19 bits per heavy atom. The fourth-order valence-electron chi connectivity index (χ4n) is 3.95. The summed E-state index contributed by atoms with van der Waals surface area (Å²) in [6.07, 6.45) is 7.29. The second-order valence-corrected chi connectivity index (χ2v) is 9.39. The van der Waals surface area contributed by atoms with Crippen molar-refractivity contribution in [3.8, 4) is 12.3 Å². The van der Waals surface area contributed by atoms with Gasteiger partial charge in [-0.15, -0.1) is 12.3 Å². The molecule has 2 aliphatic heterocycles. The monoisotopic (exact) mass is 388 g/mol. The Balaban J connectivity index is 1.75. The van der Waals surface area contributed by atoms with E-state index in [4.69, 9.17) is 6.42 Å². The van der Waals surface area contributed by atoms with Crippen molar-refractivity contribution in [2.45, 2.75) is 43.5 Å². The minimum Gasteiger partial charge on any atom is -0.342 e. The highest BCUT2D eigenvalue weighted by molar-refractivity contribution is 7.93. The third kappa shape index (κ3) is 3.72. The predicted molar refractivity (Wildman–Crippen MR) is 102 cm³/mol. The molecule has 0 unspecified atom stereocenters. The first-order valence-corrected chi connectivity index (χ1v) is 10.8. The highest BCUT2D eigenvalue weighted by Crippen LogP contribution is 2.41. The van der Waals surface area contributed by atoms with E-state index in [2.05, 4.69) is 5.92 Å². The van der Waals surface area contributed by atoms with E-state index in [1.807, 2.05) is 30.3 Å². The van der Waals surface area contributed by atoms with Gasteiger partial charge in [-0.3, -0.25) is 9.59 Å². The molecule has 1 aromatic rings. The fraction of sp³-hybridized carbons (Fsp3) is 0.500. The summed E-state index contributed by atoms with van der Waals surface area (Å²) in [5.74, 6) is 1.71. The molecule has 1 spiro atoms. The van der Waals surface area contributed by atoms with Crippen LogP contribution in [0.25, 0.3) is 0 Å². The van der Waals surface area contributed by atoms with E-state index in [1.165, 1.54) is 4.90 Å². The Hall–Kier alpha value is -2.33. The van der Waals surface area contributed by atoms with Crippen LogP contribution in [-0.2, 0) is 26.0 Å². The molecule has 2 aliphatic rings. The Labute approximate surface area is 160 Å². The van der Waals surface area contributed by atoms with Gasteiger partial charge in [0, 0.05) is 45.3 Å². The molecule has 3 rings (SSSR count). The van der Waals surface area contributed by atoms with Gasteiger partial charge in [0.2, 0.25) is 11.8 Å². The summed E-state index contributed by atoms with van der Waals surface area (Å²) in [7, 11) is -3.59. The minimum atomic E-state index is -3.59. The van der Waals surface area contributed by atoms with E-state index in [0.29, 0.717) is 32.4 Å². The molecule has 1 aromatic carbocycles. The average Bonchev–Trinajstić information content (AvgIpc) is 2.83. The molecule has 2 fully saturated rings. The third-order valence-corrected chi connectivity index (χ3v) is 7.89. The standard InChI is InChI=1S/C20H24N2O4S/c1-2-3-5-10-18(23)21-13-11-20(12-14-21)22(19(24)16-27(20,25)26)15-17-8-6-4-7-9-17/h1,4,6-9H,3,5,10-16H2. The van der Waals surface area contributed by atoms with Gasteiger partial charge < -0.3 is 9.80 Å². The zero-order chi connectivity index (χ0) is 19.5. The maximum absolute atomic E-state index is 12.8. The van der Waals surface area contributed by atoms with Gasteiger partial charge in [0.25, 0.3) is 0 Å². The Bertz CT molecular complexity index is 850. The van der Waals surface area contributed by atoms with Crippen LogP contribution in [0.3, 0.4) is 0 Å². The highest BCUT2D eigenvalue weighted by atomic mass is 32.2. The van der Waals surface area contributed by atoms with E-state index < -0.39 is 20.5 Å². The molecule has 0 radical (unpaired) electrons. The number of likely N-dealkylation sites (tertiary alicyclic amines) is 1. The van der Waals surface area contributed by atoms with Crippen molar-refractivity contribution in [3.63, 3.8) is 0 Å². The van der Waals surface area contributed by atoms with Crippen LogP contribution in [-0.4, -0.2) is 53.7 Å². The van der Waals surface area contributed by atoms with Crippen LogP contribution in [0.1, 0.15) is 37.7 Å². The second-order valence-electron chi connectivity index (χ2n) is 7.11. The first kappa shape index (κ1) is 19.4. The molecule has 2 saturated heterocycles. The van der Waals surface area contributed by atoms with Gasteiger partial charge in [0.15, 0.2) is 9.84 Å². The number of rotatable bonds is 5. The maximum atomic E-state index is 12.8. The molecule has 0 bridgehead atoms. The Kier molecular flexibility index (Phi) is 5.56. The van der Waals surface area contributed by atoms with Gasteiger partial charge in [-0.2, -0.15) is 0 Å². The van der Waals surface area contributed by atoms with Crippen LogP contribution in [0.4, 0.5) is 0 Å². The Morgan fingerprint density at radius 2 is 1.85 bits per heavy atom. The minimum absolute atomic E-state index is 0.00330. The van der Waals surface area contributed by atoms with E-state index in [0.717, 1.165) is 5.56 Å². The number of carbonyl (C=O) groups is 2. The number of sulfone groups is 1. The van der Waals surface area contributed by atoms with Crippen molar-refractivity contribution in [3.05, 3.63) is 35.9 Å². The van der Waals surface area contributed by atoms with Gasteiger partial charge >= 0.3 is 0 Å². The largest absolute Gasteiger partial charge is 0.342 e. The quantitative estimate of drug-likeness (QED) is 0.567. The zero-order valence-electron chi connectivity index (χ0n) is 15.3. The summed E-state index contributed by atoms with van der Waals surface area (Å²) in [6.45, 7) is 0.953. The fourth-order valence-corrected chi connectivity index (χ4v) is 6.01. The van der Waals surface area contributed by atoms with Crippen molar-refractivity contribution >= 4 is 21.7 Å². The van der Waals surface area contributed by atoms with Crippen LogP contribution in [0.15, 0.2) is 30.3 Å². The number of carbonyl (C=O) groups excluding carboxylic acids is 2. The summed E-state index contributed by atoms with van der Waals surface area (Å²) in [5.41, 5.74) is 0.898. The van der Waals surface area contributed by atoms with Gasteiger partial charge in [-0.1, -0.05) is 30.3 Å². The molecule has 6 nitrogen and oxygen atoms in total. The van der Waals surface area contributed by atoms with Gasteiger partial charge in [-0.05, 0) is 12.0 Å². The molecule has 2 amide bonds. The van der Waals surface area contributed by atoms with E-state index >= 15 is 0 Å². The lowest BCUT2D eigenvalue weighted by Gasteiger charge is -2.43. The van der Waals surface area contributed by atoms with E-state index in [9.17, 15) is 18.0 Å². The molecule has 0 N–H and O–H groups in total. The van der Waals surface area contributed by atoms with Crippen molar-refractivity contribution in [1.29, 1.82) is 0 Å². The van der Waals surface area contributed by atoms with Gasteiger partial charge in [0.05, 0.1) is 0 Å². The normalized spacial score (nSPS) is 20.6. The van der Waals surface area contributed by atoms with E-state index in [1.54, 1.807) is 4.90 Å². The van der Waals surface area contributed by atoms with Crippen molar-refractivity contribution < 1.29 is 18.0 Å². The predicted octanol–water partition coefficient (Wildman–Crippen LogP) is 1.57. The van der Waals surface area contributed by atoms with Crippen LogP contribution < -0.4 is 0 Å². The summed E-state index contributed by atoms with van der Waals surface area (Å²) < 4.78 is 25.7. The maximum Gasteiger partial charge on any atom is 0.239 e.